The topological polar surface area (TPSA) is 84.5 Å². The van der Waals surface area contributed by atoms with Crippen molar-refractivity contribution in [1.29, 1.82) is 0 Å². The van der Waals surface area contributed by atoms with Crippen molar-refractivity contribution >= 4 is 29.2 Å². The van der Waals surface area contributed by atoms with E-state index in [0.29, 0.717) is 11.3 Å². The Morgan fingerprint density at radius 2 is 1.89 bits per heavy atom. The third-order valence-corrected chi connectivity index (χ3v) is 4.04. The van der Waals surface area contributed by atoms with E-state index in [2.05, 4.69) is 10.6 Å². The van der Waals surface area contributed by atoms with Crippen LogP contribution in [0.5, 0.6) is 5.75 Å². The Labute approximate surface area is 160 Å². The van der Waals surface area contributed by atoms with Gasteiger partial charge in [0.25, 0.3) is 11.8 Å². The molecule has 0 saturated carbocycles. The summed E-state index contributed by atoms with van der Waals surface area (Å²) in [5.41, 5.74) is 0.786. The summed E-state index contributed by atoms with van der Waals surface area (Å²) in [6.07, 6.45) is 0. The second-order valence-corrected chi connectivity index (χ2v) is 6.10. The molecule has 0 radical (unpaired) electrons. The van der Waals surface area contributed by atoms with Gasteiger partial charge in [-0.2, -0.15) is 0 Å². The number of carbonyl (C=O) groups excluding carboxylic acids is 3. The molecule has 0 aliphatic heterocycles. The Morgan fingerprint density at radius 3 is 2.56 bits per heavy atom. The molecule has 27 heavy (non-hydrogen) atoms. The van der Waals surface area contributed by atoms with Crippen LogP contribution in [0.2, 0.25) is 5.02 Å². The average Bonchev–Trinajstić information content (AvgIpc) is 2.67. The van der Waals surface area contributed by atoms with Crippen molar-refractivity contribution in [2.24, 2.45) is 0 Å². The monoisotopic (exact) mass is 392 g/mol. The number of carbonyl (C=O) groups is 3. The molecule has 8 heteroatoms. The van der Waals surface area contributed by atoms with Crippen molar-refractivity contribution in [2.75, 3.05) is 7.11 Å². The lowest BCUT2D eigenvalue weighted by atomic mass is 10.1. The van der Waals surface area contributed by atoms with Gasteiger partial charge in [-0.1, -0.05) is 29.8 Å². The molecular weight excluding hydrogens is 375 g/mol. The highest BCUT2D eigenvalue weighted by Gasteiger charge is 2.24. The molecule has 0 fully saturated rings. The molecule has 1 unspecified atom stereocenters. The molecule has 1 atom stereocenters. The van der Waals surface area contributed by atoms with Gasteiger partial charge in [-0.25, -0.2) is 4.39 Å². The lowest BCUT2D eigenvalue weighted by Crippen LogP contribution is -2.45. The van der Waals surface area contributed by atoms with Gasteiger partial charge >= 0.3 is 0 Å². The molecule has 2 aromatic carbocycles. The zero-order valence-electron chi connectivity index (χ0n) is 14.7. The van der Waals surface area contributed by atoms with Crippen LogP contribution >= 0.6 is 11.6 Å². The molecule has 0 saturated heterocycles. The van der Waals surface area contributed by atoms with E-state index in [9.17, 15) is 18.8 Å². The summed E-state index contributed by atoms with van der Waals surface area (Å²) in [6.45, 7) is 1.40. The fraction of sp³-hybridized carbons (Fsp3) is 0.211. The normalized spacial score (nSPS) is 11.4. The summed E-state index contributed by atoms with van der Waals surface area (Å²) >= 11 is 5.67. The van der Waals surface area contributed by atoms with E-state index in [1.54, 1.807) is 24.3 Å². The highest BCUT2D eigenvalue weighted by Crippen LogP contribution is 2.17. The standard InChI is InChI=1S/C19H18ClFN2O4/c1-11(23-18(25)13-5-3-4-6-16(13)27-2)17(24)19(26)22-10-12-7-8-15(21)14(20)9-12/h3-9,11H,10H2,1-2H3,(H,22,26)(H,23,25). The van der Waals surface area contributed by atoms with E-state index in [1.165, 1.54) is 32.2 Å². The molecule has 0 heterocycles. The number of methoxy groups -OCH3 is 1. The number of Topliss-reactive ketones (excluding diaryl/α,β-unsaturated/α-hetero) is 1. The zero-order chi connectivity index (χ0) is 20.0. The van der Waals surface area contributed by atoms with Crippen molar-refractivity contribution in [3.05, 3.63) is 64.4 Å². The van der Waals surface area contributed by atoms with Crippen molar-refractivity contribution in [2.45, 2.75) is 19.5 Å². The Bertz CT molecular complexity index is 873. The van der Waals surface area contributed by atoms with Gasteiger partial charge in [0.05, 0.1) is 23.7 Å². The van der Waals surface area contributed by atoms with Gasteiger partial charge in [0, 0.05) is 6.54 Å². The van der Waals surface area contributed by atoms with Crippen LogP contribution in [-0.4, -0.2) is 30.7 Å². The molecule has 2 rings (SSSR count). The van der Waals surface area contributed by atoms with Crippen LogP contribution in [-0.2, 0) is 16.1 Å². The SMILES string of the molecule is COc1ccccc1C(=O)NC(C)C(=O)C(=O)NCc1ccc(F)c(Cl)c1. The molecule has 2 amide bonds. The second kappa shape index (κ2) is 9.14. The Hall–Kier alpha value is -2.93. The van der Waals surface area contributed by atoms with Crippen molar-refractivity contribution in [1.82, 2.24) is 10.6 Å². The summed E-state index contributed by atoms with van der Waals surface area (Å²) in [4.78, 5) is 36.5. The van der Waals surface area contributed by atoms with E-state index >= 15 is 0 Å². The molecule has 0 aliphatic carbocycles. The first kappa shape index (κ1) is 20.4. The van der Waals surface area contributed by atoms with Gasteiger partial charge in [0.1, 0.15) is 11.6 Å². The number of benzene rings is 2. The van der Waals surface area contributed by atoms with Gasteiger partial charge in [0.15, 0.2) is 0 Å². The van der Waals surface area contributed by atoms with Crippen LogP contribution < -0.4 is 15.4 Å². The number of ether oxygens (including phenoxy) is 1. The third-order valence-electron chi connectivity index (χ3n) is 3.75. The van der Waals surface area contributed by atoms with Crippen LogP contribution in [0.25, 0.3) is 0 Å². The molecule has 6 nitrogen and oxygen atoms in total. The van der Waals surface area contributed by atoms with Crippen LogP contribution in [0.3, 0.4) is 0 Å². The van der Waals surface area contributed by atoms with E-state index in [0.717, 1.165) is 0 Å². The molecule has 0 aliphatic rings. The quantitative estimate of drug-likeness (QED) is 0.709. The first-order chi connectivity index (χ1) is 12.8. The molecule has 0 spiro atoms. The highest BCUT2D eigenvalue weighted by atomic mass is 35.5. The minimum atomic E-state index is -1.04. The number of nitrogens with one attached hydrogen (secondary N) is 2. The number of halogens is 2. The predicted molar refractivity (Wildman–Crippen MR) is 98.2 cm³/mol. The maximum Gasteiger partial charge on any atom is 0.289 e. The molecular formula is C19H18ClFN2O4. The second-order valence-electron chi connectivity index (χ2n) is 5.69. The maximum atomic E-state index is 13.1. The molecule has 2 aromatic rings. The zero-order valence-corrected chi connectivity index (χ0v) is 15.5. The molecule has 0 aromatic heterocycles. The number of ketones is 1. The molecule has 142 valence electrons. The number of hydrogen-bond acceptors (Lipinski definition) is 4. The fourth-order valence-corrected chi connectivity index (χ4v) is 2.49. The Balaban J connectivity index is 1.94. The summed E-state index contributed by atoms with van der Waals surface area (Å²) in [5, 5.41) is 4.80. The van der Waals surface area contributed by atoms with Crippen molar-refractivity contribution < 1.29 is 23.5 Å². The summed E-state index contributed by atoms with van der Waals surface area (Å²) < 4.78 is 18.2. The van der Waals surface area contributed by atoms with Gasteiger partial charge < -0.3 is 15.4 Å². The number of para-hydroxylation sites is 1. The van der Waals surface area contributed by atoms with Crippen LogP contribution in [0.15, 0.2) is 42.5 Å². The van der Waals surface area contributed by atoms with Gasteiger partial charge in [-0.05, 0) is 36.8 Å². The minimum Gasteiger partial charge on any atom is -0.496 e. The van der Waals surface area contributed by atoms with Crippen LogP contribution in [0.1, 0.15) is 22.8 Å². The first-order valence-electron chi connectivity index (χ1n) is 8.03. The number of rotatable bonds is 7. The van der Waals surface area contributed by atoms with E-state index in [-0.39, 0.29) is 17.1 Å². The Morgan fingerprint density at radius 1 is 1.19 bits per heavy atom. The summed E-state index contributed by atoms with van der Waals surface area (Å²) in [7, 11) is 1.43. The van der Waals surface area contributed by atoms with Gasteiger partial charge in [-0.3, -0.25) is 14.4 Å². The fourth-order valence-electron chi connectivity index (χ4n) is 2.29. The number of hydrogen-bond donors (Lipinski definition) is 2. The van der Waals surface area contributed by atoms with E-state index in [4.69, 9.17) is 16.3 Å². The van der Waals surface area contributed by atoms with Crippen molar-refractivity contribution in [3.8, 4) is 5.75 Å². The predicted octanol–water partition coefficient (Wildman–Crippen LogP) is 2.49. The maximum absolute atomic E-state index is 13.1. The highest BCUT2D eigenvalue weighted by molar-refractivity contribution is 6.38. The summed E-state index contributed by atoms with van der Waals surface area (Å²) in [5.74, 6) is -2.44. The van der Waals surface area contributed by atoms with Crippen LogP contribution in [0.4, 0.5) is 4.39 Å². The molecule has 2 N–H and O–H groups in total. The third kappa shape index (κ3) is 5.27. The van der Waals surface area contributed by atoms with Gasteiger partial charge in [-0.15, -0.1) is 0 Å². The minimum absolute atomic E-state index is 0.00223. The van der Waals surface area contributed by atoms with Gasteiger partial charge in [0.2, 0.25) is 5.78 Å². The number of amides is 2. The average molecular weight is 393 g/mol. The largest absolute Gasteiger partial charge is 0.496 e. The molecule has 0 bridgehead atoms. The van der Waals surface area contributed by atoms with Crippen molar-refractivity contribution in [3.63, 3.8) is 0 Å². The lowest BCUT2D eigenvalue weighted by Gasteiger charge is -2.14. The summed E-state index contributed by atoms with van der Waals surface area (Å²) in [6, 6.07) is 9.45. The lowest BCUT2D eigenvalue weighted by molar-refractivity contribution is -0.138. The Kier molecular flexibility index (Phi) is 6.90. The smallest absolute Gasteiger partial charge is 0.289 e. The van der Waals surface area contributed by atoms with Crippen LogP contribution in [0, 0.1) is 5.82 Å². The van der Waals surface area contributed by atoms with E-state index in [1.807, 2.05) is 0 Å². The van der Waals surface area contributed by atoms with E-state index < -0.39 is 29.5 Å². The first-order valence-corrected chi connectivity index (χ1v) is 8.41.